The molecule has 0 saturated carbocycles. The summed E-state index contributed by atoms with van der Waals surface area (Å²) in [6.45, 7) is 2.33. The Balaban J connectivity index is 1.83. The number of likely N-dealkylation sites (N-methyl/N-ethyl adjacent to an activating group) is 1. The number of rotatable bonds is 6. The molecule has 1 aromatic heterocycles. The lowest BCUT2D eigenvalue weighted by Crippen LogP contribution is -2.43. The second-order valence-electron chi connectivity index (χ2n) is 6.60. The van der Waals surface area contributed by atoms with Gasteiger partial charge >= 0.3 is 5.69 Å². The second-order valence-corrected chi connectivity index (χ2v) is 6.60. The molecule has 2 heterocycles. The summed E-state index contributed by atoms with van der Waals surface area (Å²) in [5.41, 5.74) is 6.21. The summed E-state index contributed by atoms with van der Waals surface area (Å²) in [4.78, 5) is 45.9. The van der Waals surface area contributed by atoms with E-state index in [-0.39, 0.29) is 17.9 Å². The first-order valence-electron chi connectivity index (χ1n) is 9.12. The van der Waals surface area contributed by atoms with Gasteiger partial charge in [-0.3, -0.25) is 19.1 Å². The van der Waals surface area contributed by atoms with Gasteiger partial charge in [0.15, 0.2) is 5.69 Å². The number of aromatic amines is 1. The number of hydrogen-bond donors (Lipinski definition) is 2. The Morgan fingerprint density at radius 3 is 2.75 bits per heavy atom. The molecule has 0 fully saturated rings. The highest BCUT2D eigenvalue weighted by molar-refractivity contribution is 6.07. The number of nitrogens with one attached hydrogen (secondary N) is 1. The van der Waals surface area contributed by atoms with Gasteiger partial charge in [0, 0.05) is 20.0 Å². The number of nitrogen functional groups attached to an aromatic ring is 1. The van der Waals surface area contributed by atoms with Gasteiger partial charge in [0.05, 0.1) is 5.71 Å². The van der Waals surface area contributed by atoms with Crippen LogP contribution in [0, 0.1) is 0 Å². The molecule has 0 saturated heterocycles. The molecular weight excluding hydrogens is 362 g/mol. The molecule has 28 heavy (non-hydrogen) atoms. The predicted octanol–water partition coefficient (Wildman–Crippen LogP) is 1.07. The number of oxime groups is 1. The van der Waals surface area contributed by atoms with Gasteiger partial charge in [0.1, 0.15) is 5.82 Å². The van der Waals surface area contributed by atoms with Gasteiger partial charge in [0.25, 0.3) is 11.5 Å². The standard InChI is InChI=1S/C19H23N5O4/c1-3-4-10-24-16(20)15(17(25)21-19(24)27)23(2)18(26)14-11-13(22-28-14)12-8-6-5-7-9-12/h5-9,14H,3-4,10-11,20H2,1-2H3,(H,21,25,27). The van der Waals surface area contributed by atoms with Gasteiger partial charge in [-0.1, -0.05) is 48.8 Å². The number of nitrogens with zero attached hydrogens (tertiary/aromatic N) is 3. The Morgan fingerprint density at radius 1 is 1.36 bits per heavy atom. The molecule has 0 radical (unpaired) electrons. The van der Waals surface area contributed by atoms with Crippen LogP contribution in [0.5, 0.6) is 0 Å². The Kier molecular flexibility index (Phi) is 5.62. The van der Waals surface area contributed by atoms with Crippen molar-refractivity contribution in [1.82, 2.24) is 9.55 Å². The molecule has 3 rings (SSSR count). The molecule has 1 aliphatic rings. The number of hydrogen-bond acceptors (Lipinski definition) is 6. The van der Waals surface area contributed by atoms with Gasteiger partial charge in [-0.2, -0.15) is 0 Å². The largest absolute Gasteiger partial charge is 0.383 e. The normalized spacial score (nSPS) is 15.8. The zero-order valence-electron chi connectivity index (χ0n) is 15.8. The van der Waals surface area contributed by atoms with E-state index in [2.05, 4.69) is 10.1 Å². The summed E-state index contributed by atoms with van der Waals surface area (Å²) in [7, 11) is 1.43. The minimum absolute atomic E-state index is 0.0414. The van der Waals surface area contributed by atoms with Crippen molar-refractivity contribution in [2.24, 2.45) is 5.16 Å². The third-order valence-electron chi connectivity index (χ3n) is 4.67. The van der Waals surface area contributed by atoms with Gasteiger partial charge in [-0.15, -0.1) is 0 Å². The first-order valence-corrected chi connectivity index (χ1v) is 9.12. The zero-order chi connectivity index (χ0) is 20.3. The van der Waals surface area contributed by atoms with Gasteiger partial charge in [0.2, 0.25) is 6.10 Å². The van der Waals surface area contributed by atoms with Crippen LogP contribution in [0.2, 0.25) is 0 Å². The van der Waals surface area contributed by atoms with Crippen LogP contribution >= 0.6 is 0 Å². The third kappa shape index (κ3) is 3.68. The van der Waals surface area contributed by atoms with E-state index in [0.29, 0.717) is 18.7 Å². The molecule has 148 valence electrons. The van der Waals surface area contributed by atoms with E-state index >= 15 is 0 Å². The fraction of sp³-hybridized carbons (Fsp3) is 0.368. The highest BCUT2D eigenvalue weighted by Gasteiger charge is 2.33. The lowest BCUT2D eigenvalue weighted by Gasteiger charge is -2.22. The molecule has 0 bridgehead atoms. The van der Waals surface area contributed by atoms with Gasteiger partial charge < -0.3 is 15.5 Å². The summed E-state index contributed by atoms with van der Waals surface area (Å²) < 4.78 is 1.27. The monoisotopic (exact) mass is 385 g/mol. The first kappa shape index (κ1) is 19.4. The van der Waals surface area contributed by atoms with E-state index in [1.165, 1.54) is 11.6 Å². The fourth-order valence-electron chi connectivity index (χ4n) is 3.08. The molecule has 1 aromatic carbocycles. The minimum Gasteiger partial charge on any atom is -0.383 e. The van der Waals surface area contributed by atoms with Crippen molar-refractivity contribution in [3.05, 3.63) is 56.7 Å². The lowest BCUT2D eigenvalue weighted by atomic mass is 10.0. The van der Waals surface area contributed by atoms with Gasteiger partial charge in [-0.25, -0.2) is 4.79 Å². The topological polar surface area (TPSA) is 123 Å². The van der Waals surface area contributed by atoms with Crippen LogP contribution in [-0.2, 0) is 16.2 Å². The van der Waals surface area contributed by atoms with E-state index in [1.807, 2.05) is 37.3 Å². The maximum absolute atomic E-state index is 12.9. The number of amides is 1. The van der Waals surface area contributed by atoms with E-state index in [1.54, 1.807) is 0 Å². The van der Waals surface area contributed by atoms with Crippen molar-refractivity contribution >= 4 is 23.1 Å². The smallest absolute Gasteiger partial charge is 0.330 e. The third-order valence-corrected chi connectivity index (χ3v) is 4.67. The van der Waals surface area contributed by atoms with E-state index in [4.69, 9.17) is 10.6 Å². The van der Waals surface area contributed by atoms with Crippen LogP contribution < -0.4 is 21.9 Å². The van der Waals surface area contributed by atoms with Crippen molar-refractivity contribution in [2.45, 2.75) is 38.8 Å². The maximum Gasteiger partial charge on any atom is 0.330 e. The first-order chi connectivity index (χ1) is 13.4. The van der Waals surface area contributed by atoms with Crippen molar-refractivity contribution in [2.75, 3.05) is 17.7 Å². The molecule has 1 unspecified atom stereocenters. The van der Waals surface area contributed by atoms with Crippen LogP contribution in [0.1, 0.15) is 31.7 Å². The molecule has 1 atom stereocenters. The van der Waals surface area contributed by atoms with Crippen molar-refractivity contribution in [1.29, 1.82) is 0 Å². The van der Waals surface area contributed by atoms with Crippen molar-refractivity contribution < 1.29 is 9.63 Å². The average molecular weight is 385 g/mol. The number of carbonyl (C=O) groups excluding carboxylic acids is 1. The molecule has 0 aliphatic carbocycles. The second kappa shape index (κ2) is 8.12. The lowest BCUT2D eigenvalue weighted by molar-refractivity contribution is -0.128. The minimum atomic E-state index is -0.866. The van der Waals surface area contributed by atoms with Gasteiger partial charge in [-0.05, 0) is 12.0 Å². The quantitative estimate of drug-likeness (QED) is 0.770. The van der Waals surface area contributed by atoms with Crippen LogP contribution in [0.25, 0.3) is 0 Å². The van der Waals surface area contributed by atoms with E-state index in [0.717, 1.165) is 16.9 Å². The number of H-pyrrole nitrogens is 1. The SMILES string of the molecule is CCCCn1c(N)c(N(C)C(=O)C2CC(c3ccccc3)=NO2)c(=O)[nH]c1=O. The molecule has 2 aromatic rings. The average Bonchev–Trinajstić information content (AvgIpc) is 3.18. The van der Waals surface area contributed by atoms with Crippen LogP contribution in [0.3, 0.4) is 0 Å². The van der Waals surface area contributed by atoms with Crippen LogP contribution in [-0.4, -0.2) is 34.3 Å². The highest BCUT2D eigenvalue weighted by Crippen LogP contribution is 2.22. The number of unbranched alkanes of at least 4 members (excludes halogenated alkanes) is 1. The van der Waals surface area contributed by atoms with Crippen LogP contribution in [0.4, 0.5) is 11.5 Å². The number of aromatic nitrogens is 2. The zero-order valence-corrected chi connectivity index (χ0v) is 15.8. The summed E-state index contributed by atoms with van der Waals surface area (Å²) in [5, 5.41) is 4.00. The molecule has 3 N–H and O–H groups in total. The van der Waals surface area contributed by atoms with Crippen molar-refractivity contribution in [3.63, 3.8) is 0 Å². The Labute approximate surface area is 161 Å². The number of anilines is 2. The maximum atomic E-state index is 12.9. The number of carbonyl (C=O) groups is 1. The number of benzene rings is 1. The van der Waals surface area contributed by atoms with Crippen molar-refractivity contribution in [3.8, 4) is 0 Å². The summed E-state index contributed by atoms with van der Waals surface area (Å²) in [5.74, 6) is -0.507. The van der Waals surface area contributed by atoms with Crippen LogP contribution in [0.15, 0.2) is 45.1 Å². The fourth-order valence-corrected chi connectivity index (χ4v) is 3.08. The van der Waals surface area contributed by atoms with E-state index < -0.39 is 23.3 Å². The molecule has 1 amide bonds. The molecule has 9 nitrogen and oxygen atoms in total. The molecule has 1 aliphatic heterocycles. The summed E-state index contributed by atoms with van der Waals surface area (Å²) >= 11 is 0. The molecular formula is C19H23N5O4. The predicted molar refractivity (Wildman–Crippen MR) is 107 cm³/mol. The summed E-state index contributed by atoms with van der Waals surface area (Å²) in [6.07, 6.45) is 0.980. The highest BCUT2D eigenvalue weighted by atomic mass is 16.6. The Hall–Kier alpha value is -3.36. The summed E-state index contributed by atoms with van der Waals surface area (Å²) in [6, 6.07) is 9.40. The van der Waals surface area contributed by atoms with E-state index in [9.17, 15) is 14.4 Å². The molecule has 9 heteroatoms. The number of nitrogens with two attached hydrogens (primary N) is 1. The Bertz CT molecular complexity index is 1010. The Morgan fingerprint density at radius 2 is 2.07 bits per heavy atom. The molecule has 0 spiro atoms.